The molecule has 0 aromatic rings. The summed E-state index contributed by atoms with van der Waals surface area (Å²) < 4.78 is 5.00. The van der Waals surface area contributed by atoms with Gasteiger partial charge in [-0.15, -0.1) is 0 Å². The zero-order valence-corrected chi connectivity index (χ0v) is 9.75. The lowest BCUT2D eigenvalue weighted by Crippen LogP contribution is -2.49. The fraction of sp³-hybridized carbons (Fsp3) is 0.750. The van der Waals surface area contributed by atoms with Crippen LogP contribution in [0.5, 0.6) is 0 Å². The predicted molar refractivity (Wildman–Crippen MR) is 58.2 cm³/mol. The van der Waals surface area contributed by atoms with E-state index in [9.17, 15) is 4.79 Å². The average molecular weight is 209 g/mol. The molecule has 84 valence electrons. The van der Waals surface area contributed by atoms with Crippen LogP contribution in [0, 0.1) is 5.41 Å². The zero-order chi connectivity index (χ0) is 11.1. The Morgan fingerprint density at radius 3 is 2.87 bits per heavy atom. The first-order valence-corrected chi connectivity index (χ1v) is 5.55. The molecule has 1 fully saturated rings. The van der Waals surface area contributed by atoms with Gasteiger partial charge in [0.2, 0.25) is 0 Å². The average Bonchev–Trinajstić information content (AvgIpc) is 2.42. The lowest BCUT2D eigenvalue weighted by atomic mass is 9.66. The SMILES string of the molecule is CN1CC[C@]2(C)CCC(OC=O)=C[C@]12C. The summed E-state index contributed by atoms with van der Waals surface area (Å²) >= 11 is 0. The van der Waals surface area contributed by atoms with Crippen molar-refractivity contribution in [2.75, 3.05) is 13.6 Å². The molecule has 2 aliphatic rings. The van der Waals surface area contributed by atoms with Gasteiger partial charge in [-0.05, 0) is 44.8 Å². The molecule has 2 atom stereocenters. The number of hydrogen-bond acceptors (Lipinski definition) is 3. The van der Waals surface area contributed by atoms with E-state index in [-0.39, 0.29) is 5.54 Å². The van der Waals surface area contributed by atoms with E-state index in [0.29, 0.717) is 11.9 Å². The number of fused-ring (bicyclic) bond motifs is 1. The number of hydrogen-bond donors (Lipinski definition) is 0. The highest BCUT2D eigenvalue weighted by Gasteiger charge is 2.52. The van der Waals surface area contributed by atoms with E-state index in [1.165, 1.54) is 6.42 Å². The Hall–Kier alpha value is -0.830. The number of carbonyl (C=O) groups excluding carboxylic acids is 1. The van der Waals surface area contributed by atoms with Crippen molar-refractivity contribution < 1.29 is 9.53 Å². The minimum atomic E-state index is 0.0452. The van der Waals surface area contributed by atoms with Gasteiger partial charge in [0.05, 0.1) is 0 Å². The maximum atomic E-state index is 10.4. The summed E-state index contributed by atoms with van der Waals surface area (Å²) in [6.45, 7) is 6.24. The largest absolute Gasteiger partial charge is 0.434 e. The van der Waals surface area contributed by atoms with Gasteiger partial charge in [0.1, 0.15) is 5.76 Å². The molecular formula is C12H19NO2. The van der Waals surface area contributed by atoms with E-state index >= 15 is 0 Å². The monoisotopic (exact) mass is 209 g/mol. The van der Waals surface area contributed by atoms with Crippen molar-refractivity contribution in [3.05, 3.63) is 11.8 Å². The van der Waals surface area contributed by atoms with Gasteiger partial charge in [-0.1, -0.05) is 6.92 Å². The molecular weight excluding hydrogens is 190 g/mol. The van der Waals surface area contributed by atoms with E-state index in [1.54, 1.807) is 0 Å². The van der Waals surface area contributed by atoms with Gasteiger partial charge < -0.3 is 4.74 Å². The van der Waals surface area contributed by atoms with Crippen LogP contribution in [0.2, 0.25) is 0 Å². The molecule has 0 aromatic heterocycles. The maximum Gasteiger partial charge on any atom is 0.298 e. The van der Waals surface area contributed by atoms with Crippen molar-refractivity contribution in [1.29, 1.82) is 0 Å². The molecule has 3 heteroatoms. The molecule has 2 rings (SSSR count). The Morgan fingerprint density at radius 1 is 1.47 bits per heavy atom. The molecule has 0 radical (unpaired) electrons. The van der Waals surface area contributed by atoms with Crippen LogP contribution in [0.4, 0.5) is 0 Å². The van der Waals surface area contributed by atoms with Gasteiger partial charge in [0.15, 0.2) is 0 Å². The van der Waals surface area contributed by atoms with Crippen molar-refractivity contribution in [2.24, 2.45) is 5.41 Å². The molecule has 0 amide bonds. The first-order chi connectivity index (χ1) is 7.02. The first-order valence-electron chi connectivity index (χ1n) is 5.55. The predicted octanol–water partition coefficient (Wildman–Crippen LogP) is 1.94. The van der Waals surface area contributed by atoms with Crippen LogP contribution in [0.1, 0.15) is 33.1 Å². The summed E-state index contributed by atoms with van der Waals surface area (Å²) in [6, 6.07) is 0. The first kappa shape index (κ1) is 10.7. The second-order valence-corrected chi connectivity index (χ2v) is 5.20. The molecule has 0 spiro atoms. The number of nitrogens with zero attached hydrogens (tertiary/aromatic N) is 1. The van der Waals surface area contributed by atoms with Crippen LogP contribution < -0.4 is 0 Å². The lowest BCUT2D eigenvalue weighted by molar-refractivity contribution is -0.125. The third-order valence-corrected chi connectivity index (χ3v) is 4.58. The van der Waals surface area contributed by atoms with E-state index in [1.807, 2.05) is 0 Å². The van der Waals surface area contributed by atoms with Gasteiger partial charge in [-0.3, -0.25) is 9.69 Å². The number of ether oxygens (including phenoxy) is 1. The minimum absolute atomic E-state index is 0.0452. The highest BCUT2D eigenvalue weighted by Crippen LogP contribution is 2.52. The molecule has 0 unspecified atom stereocenters. The number of carbonyl (C=O) groups is 1. The standard InChI is InChI=1S/C12H19NO2/c1-11-5-4-10(15-9-14)8-12(11,2)13(3)7-6-11/h8-9H,4-7H2,1-3H3/t11-,12-/m0/s1. The summed E-state index contributed by atoms with van der Waals surface area (Å²) in [5.41, 5.74) is 0.376. The molecule has 1 saturated heterocycles. The normalized spacial score (nSPS) is 40.9. The molecule has 1 aliphatic heterocycles. The van der Waals surface area contributed by atoms with E-state index in [0.717, 1.165) is 25.1 Å². The Bertz CT molecular complexity index is 313. The van der Waals surface area contributed by atoms with Gasteiger partial charge in [-0.25, -0.2) is 0 Å². The summed E-state index contributed by atoms with van der Waals surface area (Å²) in [5.74, 6) is 0.832. The van der Waals surface area contributed by atoms with Crippen LogP contribution in [0.25, 0.3) is 0 Å². The van der Waals surface area contributed by atoms with Crippen molar-refractivity contribution in [3.8, 4) is 0 Å². The molecule has 0 saturated carbocycles. The molecule has 0 aromatic carbocycles. The molecule has 0 bridgehead atoms. The Balaban J connectivity index is 2.34. The van der Waals surface area contributed by atoms with Crippen LogP contribution in [0.15, 0.2) is 11.8 Å². The maximum absolute atomic E-state index is 10.4. The summed E-state index contributed by atoms with van der Waals surface area (Å²) in [4.78, 5) is 12.7. The minimum Gasteiger partial charge on any atom is -0.434 e. The third-order valence-electron chi connectivity index (χ3n) is 4.58. The quantitative estimate of drug-likeness (QED) is 0.651. The van der Waals surface area contributed by atoms with Gasteiger partial charge in [0, 0.05) is 12.0 Å². The van der Waals surface area contributed by atoms with Crippen LogP contribution >= 0.6 is 0 Å². The van der Waals surface area contributed by atoms with Crippen LogP contribution in [0.3, 0.4) is 0 Å². The molecule has 15 heavy (non-hydrogen) atoms. The van der Waals surface area contributed by atoms with Crippen molar-refractivity contribution in [3.63, 3.8) is 0 Å². The van der Waals surface area contributed by atoms with E-state index < -0.39 is 0 Å². The Kier molecular flexibility index (Phi) is 2.38. The lowest BCUT2D eigenvalue weighted by Gasteiger charge is -2.45. The fourth-order valence-electron chi connectivity index (χ4n) is 2.96. The third kappa shape index (κ3) is 1.41. The molecule has 3 nitrogen and oxygen atoms in total. The topological polar surface area (TPSA) is 29.5 Å². The van der Waals surface area contributed by atoms with Gasteiger partial charge in [-0.2, -0.15) is 0 Å². The van der Waals surface area contributed by atoms with Crippen molar-refractivity contribution in [2.45, 2.75) is 38.6 Å². The zero-order valence-electron chi connectivity index (χ0n) is 9.75. The fourth-order valence-corrected chi connectivity index (χ4v) is 2.96. The van der Waals surface area contributed by atoms with Crippen LogP contribution in [-0.2, 0) is 9.53 Å². The number of likely N-dealkylation sites (tertiary alicyclic amines) is 1. The summed E-state index contributed by atoms with van der Waals surface area (Å²) in [7, 11) is 2.14. The molecule has 0 N–H and O–H groups in total. The smallest absolute Gasteiger partial charge is 0.298 e. The Labute approximate surface area is 91.1 Å². The Morgan fingerprint density at radius 2 is 2.20 bits per heavy atom. The van der Waals surface area contributed by atoms with Crippen molar-refractivity contribution >= 4 is 6.47 Å². The highest BCUT2D eigenvalue weighted by molar-refractivity contribution is 5.41. The van der Waals surface area contributed by atoms with E-state index in [2.05, 4.69) is 31.9 Å². The number of likely N-dealkylation sites (N-methyl/N-ethyl adjacent to an activating group) is 1. The highest BCUT2D eigenvalue weighted by atomic mass is 16.5. The molecule has 1 aliphatic carbocycles. The van der Waals surface area contributed by atoms with Gasteiger partial charge >= 0.3 is 0 Å². The summed E-state index contributed by atoms with van der Waals surface area (Å²) in [6.07, 6.45) is 5.36. The van der Waals surface area contributed by atoms with Crippen LogP contribution in [-0.4, -0.2) is 30.5 Å². The van der Waals surface area contributed by atoms with E-state index in [4.69, 9.17) is 4.74 Å². The van der Waals surface area contributed by atoms with Gasteiger partial charge in [0.25, 0.3) is 6.47 Å². The second-order valence-electron chi connectivity index (χ2n) is 5.20. The summed E-state index contributed by atoms with van der Waals surface area (Å²) in [5, 5.41) is 0. The molecule has 1 heterocycles. The second kappa shape index (κ2) is 3.34. The number of rotatable bonds is 2. The van der Waals surface area contributed by atoms with Crippen molar-refractivity contribution in [1.82, 2.24) is 4.90 Å². The number of allylic oxidation sites excluding steroid dienone is 1.